The second kappa shape index (κ2) is 7.37. The largest absolute Gasteiger partial charge is 0.494 e. The fourth-order valence-corrected chi connectivity index (χ4v) is 2.01. The lowest BCUT2D eigenvalue weighted by atomic mass is 9.89. The van der Waals surface area contributed by atoms with Gasteiger partial charge in [0, 0.05) is 0 Å². The molecule has 1 aromatic rings. The third-order valence-corrected chi connectivity index (χ3v) is 3.31. The van der Waals surface area contributed by atoms with E-state index in [0.29, 0.717) is 17.6 Å². The highest BCUT2D eigenvalue weighted by Crippen LogP contribution is 2.22. The minimum atomic E-state index is -0.277. The molecule has 0 saturated heterocycles. The summed E-state index contributed by atoms with van der Waals surface area (Å²) in [6, 6.07) is 5.23. The van der Waals surface area contributed by atoms with Crippen LogP contribution in [0.3, 0.4) is 0 Å². The van der Waals surface area contributed by atoms with E-state index in [1.807, 2.05) is 6.07 Å². The van der Waals surface area contributed by atoms with E-state index in [0.717, 1.165) is 25.1 Å². The molecular weight excluding hydrogens is 229 g/mol. The van der Waals surface area contributed by atoms with E-state index in [2.05, 4.69) is 26.1 Å². The fourth-order valence-electron chi connectivity index (χ4n) is 2.01. The standard InChI is InChI=1S/C15H24FNO/c1-5-17-10-13(11(2)3)8-12-6-7-15(18-4)14(16)9-12/h6-7,9,11,13,17H,5,8,10H2,1-4H3. The van der Waals surface area contributed by atoms with Crippen molar-refractivity contribution in [2.45, 2.75) is 27.2 Å². The van der Waals surface area contributed by atoms with Gasteiger partial charge in [0.05, 0.1) is 7.11 Å². The molecule has 0 aliphatic rings. The van der Waals surface area contributed by atoms with Crippen LogP contribution < -0.4 is 10.1 Å². The van der Waals surface area contributed by atoms with Crippen molar-refractivity contribution < 1.29 is 9.13 Å². The first-order valence-electron chi connectivity index (χ1n) is 6.61. The zero-order valence-corrected chi connectivity index (χ0v) is 11.8. The van der Waals surface area contributed by atoms with Gasteiger partial charge in [-0.1, -0.05) is 26.8 Å². The molecule has 3 heteroatoms. The van der Waals surface area contributed by atoms with Gasteiger partial charge in [0.15, 0.2) is 11.6 Å². The summed E-state index contributed by atoms with van der Waals surface area (Å²) in [5, 5.41) is 3.37. The smallest absolute Gasteiger partial charge is 0.165 e. The third kappa shape index (κ3) is 4.30. The summed E-state index contributed by atoms with van der Waals surface area (Å²) >= 11 is 0. The van der Waals surface area contributed by atoms with Crippen molar-refractivity contribution in [3.63, 3.8) is 0 Å². The molecule has 0 aromatic heterocycles. The van der Waals surface area contributed by atoms with Crippen molar-refractivity contribution in [2.75, 3.05) is 20.2 Å². The van der Waals surface area contributed by atoms with E-state index in [1.165, 1.54) is 7.11 Å². The van der Waals surface area contributed by atoms with Crippen molar-refractivity contribution in [3.8, 4) is 5.75 Å². The summed E-state index contributed by atoms with van der Waals surface area (Å²) in [5.74, 6) is 1.14. The Morgan fingerprint density at radius 2 is 2.06 bits per heavy atom. The second-order valence-electron chi connectivity index (χ2n) is 4.98. The van der Waals surface area contributed by atoms with Gasteiger partial charge < -0.3 is 10.1 Å². The molecule has 0 saturated carbocycles. The maximum Gasteiger partial charge on any atom is 0.165 e. The van der Waals surface area contributed by atoms with Crippen molar-refractivity contribution in [1.29, 1.82) is 0 Å². The number of nitrogens with one attached hydrogen (secondary N) is 1. The normalized spacial score (nSPS) is 12.8. The zero-order valence-electron chi connectivity index (χ0n) is 11.8. The van der Waals surface area contributed by atoms with Crippen LogP contribution in [0.15, 0.2) is 18.2 Å². The Labute approximate surface area is 110 Å². The van der Waals surface area contributed by atoms with Crippen molar-refractivity contribution >= 4 is 0 Å². The highest BCUT2D eigenvalue weighted by Gasteiger charge is 2.14. The van der Waals surface area contributed by atoms with Gasteiger partial charge in [0.2, 0.25) is 0 Å². The number of rotatable bonds is 7. The molecule has 102 valence electrons. The highest BCUT2D eigenvalue weighted by atomic mass is 19.1. The van der Waals surface area contributed by atoms with Gasteiger partial charge in [-0.15, -0.1) is 0 Å². The highest BCUT2D eigenvalue weighted by molar-refractivity contribution is 5.29. The molecule has 0 spiro atoms. The van der Waals surface area contributed by atoms with E-state index in [-0.39, 0.29) is 5.82 Å². The Morgan fingerprint density at radius 1 is 1.33 bits per heavy atom. The number of halogens is 1. The first kappa shape index (κ1) is 15.0. The second-order valence-corrected chi connectivity index (χ2v) is 4.98. The molecule has 0 bridgehead atoms. The van der Waals surface area contributed by atoms with Gasteiger partial charge in [-0.05, 0) is 49.0 Å². The molecule has 0 aliphatic heterocycles. The van der Waals surface area contributed by atoms with Crippen molar-refractivity contribution in [1.82, 2.24) is 5.32 Å². The number of ether oxygens (including phenoxy) is 1. The fraction of sp³-hybridized carbons (Fsp3) is 0.600. The van der Waals surface area contributed by atoms with Crippen LogP contribution in [0.2, 0.25) is 0 Å². The van der Waals surface area contributed by atoms with Crippen LogP contribution in [0.25, 0.3) is 0 Å². The molecule has 2 nitrogen and oxygen atoms in total. The number of benzene rings is 1. The van der Waals surface area contributed by atoms with Crippen molar-refractivity contribution in [3.05, 3.63) is 29.6 Å². The van der Waals surface area contributed by atoms with E-state index in [1.54, 1.807) is 12.1 Å². The summed E-state index contributed by atoms with van der Waals surface area (Å²) in [6.45, 7) is 8.47. The van der Waals surface area contributed by atoms with Crippen molar-refractivity contribution in [2.24, 2.45) is 11.8 Å². The Balaban J connectivity index is 2.71. The van der Waals surface area contributed by atoms with Gasteiger partial charge in [-0.25, -0.2) is 4.39 Å². The maximum atomic E-state index is 13.6. The number of hydrogen-bond acceptors (Lipinski definition) is 2. The van der Waals surface area contributed by atoms with E-state index < -0.39 is 0 Å². The van der Waals surface area contributed by atoms with Gasteiger partial charge in [0.25, 0.3) is 0 Å². The summed E-state index contributed by atoms with van der Waals surface area (Å²) in [7, 11) is 1.49. The zero-order chi connectivity index (χ0) is 13.5. The first-order valence-corrected chi connectivity index (χ1v) is 6.61. The van der Waals surface area contributed by atoms with Gasteiger partial charge in [-0.3, -0.25) is 0 Å². The molecular formula is C15H24FNO. The molecule has 0 fully saturated rings. The van der Waals surface area contributed by atoms with Crippen LogP contribution in [-0.2, 0) is 6.42 Å². The minimum Gasteiger partial charge on any atom is -0.494 e. The topological polar surface area (TPSA) is 21.3 Å². The SMILES string of the molecule is CCNCC(Cc1ccc(OC)c(F)c1)C(C)C. The van der Waals surface area contributed by atoms with Crippen LogP contribution in [0.5, 0.6) is 5.75 Å². The van der Waals surface area contributed by atoms with Gasteiger partial charge in [0.1, 0.15) is 0 Å². The molecule has 0 heterocycles. The predicted octanol–water partition coefficient (Wildman–Crippen LogP) is 3.26. The lowest BCUT2D eigenvalue weighted by Crippen LogP contribution is -2.27. The Kier molecular flexibility index (Phi) is 6.13. The molecule has 1 rings (SSSR count). The molecule has 1 atom stereocenters. The number of methoxy groups -OCH3 is 1. The van der Waals surface area contributed by atoms with E-state index in [9.17, 15) is 4.39 Å². The van der Waals surface area contributed by atoms with E-state index >= 15 is 0 Å². The molecule has 1 aromatic carbocycles. The molecule has 0 radical (unpaired) electrons. The van der Waals surface area contributed by atoms with Crippen LogP contribution >= 0.6 is 0 Å². The van der Waals surface area contributed by atoms with Gasteiger partial charge >= 0.3 is 0 Å². The minimum absolute atomic E-state index is 0.277. The van der Waals surface area contributed by atoms with Crippen LogP contribution in [-0.4, -0.2) is 20.2 Å². The Morgan fingerprint density at radius 3 is 2.56 bits per heavy atom. The first-order chi connectivity index (χ1) is 8.58. The van der Waals surface area contributed by atoms with Crippen LogP contribution in [0.4, 0.5) is 4.39 Å². The summed E-state index contributed by atoms with van der Waals surface area (Å²) in [6.07, 6.45) is 0.894. The Hall–Kier alpha value is -1.09. The van der Waals surface area contributed by atoms with Crippen LogP contribution in [0, 0.1) is 17.7 Å². The average Bonchev–Trinajstić information content (AvgIpc) is 2.34. The lowest BCUT2D eigenvalue weighted by Gasteiger charge is -2.21. The molecule has 0 amide bonds. The molecule has 0 aliphatic carbocycles. The monoisotopic (exact) mass is 253 g/mol. The molecule has 1 N–H and O–H groups in total. The lowest BCUT2D eigenvalue weighted by molar-refractivity contribution is 0.361. The average molecular weight is 253 g/mol. The predicted molar refractivity (Wildman–Crippen MR) is 73.5 cm³/mol. The third-order valence-electron chi connectivity index (χ3n) is 3.31. The molecule has 18 heavy (non-hydrogen) atoms. The summed E-state index contributed by atoms with van der Waals surface area (Å²) in [4.78, 5) is 0. The summed E-state index contributed by atoms with van der Waals surface area (Å²) in [5.41, 5.74) is 1.03. The van der Waals surface area contributed by atoms with Gasteiger partial charge in [-0.2, -0.15) is 0 Å². The van der Waals surface area contributed by atoms with Crippen LogP contribution in [0.1, 0.15) is 26.3 Å². The van der Waals surface area contributed by atoms with E-state index in [4.69, 9.17) is 4.74 Å². The maximum absolute atomic E-state index is 13.6. The number of hydrogen-bond donors (Lipinski definition) is 1. The summed E-state index contributed by atoms with van der Waals surface area (Å²) < 4.78 is 18.5. The quantitative estimate of drug-likeness (QED) is 0.805. The molecule has 1 unspecified atom stereocenters. The Bertz CT molecular complexity index is 366.